The van der Waals surface area contributed by atoms with Gasteiger partial charge in [0.2, 0.25) is 0 Å². The molecule has 0 spiro atoms. The fourth-order valence-corrected chi connectivity index (χ4v) is 4.34. The first kappa shape index (κ1) is 13.0. The first-order chi connectivity index (χ1) is 10.2. The summed E-state index contributed by atoms with van der Waals surface area (Å²) in [5.74, 6) is 1.00. The van der Waals surface area contributed by atoms with Crippen LogP contribution in [0.15, 0.2) is 41.3 Å². The Morgan fingerprint density at radius 3 is 3.05 bits per heavy atom. The van der Waals surface area contributed by atoms with E-state index in [2.05, 4.69) is 30.1 Å². The van der Waals surface area contributed by atoms with Gasteiger partial charge in [-0.2, -0.15) is 0 Å². The van der Waals surface area contributed by atoms with E-state index in [1.807, 2.05) is 17.8 Å². The Kier molecular flexibility index (Phi) is 3.03. The molecular formula is C18H16FNS. The molecule has 0 atom stereocenters. The molecule has 0 radical (unpaired) electrons. The lowest BCUT2D eigenvalue weighted by Crippen LogP contribution is -1.96. The number of thioether (sulfide) groups is 1. The van der Waals surface area contributed by atoms with E-state index in [9.17, 15) is 4.39 Å². The maximum Gasteiger partial charge on any atom is 0.123 e. The predicted octanol–water partition coefficient (Wildman–Crippen LogP) is 4.85. The SMILES string of the molecule is Cc1[nH]c2ccc(F)cc2c1Cc1cccc2c1CCS2. The van der Waals surface area contributed by atoms with Crippen molar-refractivity contribution in [3.63, 3.8) is 0 Å². The van der Waals surface area contributed by atoms with Crippen molar-refractivity contribution < 1.29 is 4.39 Å². The summed E-state index contributed by atoms with van der Waals surface area (Å²) in [6.45, 7) is 2.07. The normalized spacial score (nSPS) is 13.8. The zero-order chi connectivity index (χ0) is 14.4. The molecule has 1 nitrogen and oxygen atoms in total. The monoisotopic (exact) mass is 297 g/mol. The van der Waals surface area contributed by atoms with Crippen molar-refractivity contribution in [2.75, 3.05) is 5.75 Å². The minimum Gasteiger partial charge on any atom is -0.358 e. The van der Waals surface area contributed by atoms with Crippen LogP contribution in [0.2, 0.25) is 0 Å². The Balaban J connectivity index is 1.83. The fraction of sp³-hybridized carbons (Fsp3) is 0.222. The summed E-state index contributed by atoms with van der Waals surface area (Å²) in [6.07, 6.45) is 2.02. The molecule has 3 aromatic rings. The Labute approximate surface area is 127 Å². The summed E-state index contributed by atoms with van der Waals surface area (Å²) < 4.78 is 13.6. The molecule has 0 saturated heterocycles. The number of hydrogen-bond donors (Lipinski definition) is 1. The molecule has 1 aliphatic rings. The first-order valence-electron chi connectivity index (χ1n) is 7.22. The van der Waals surface area contributed by atoms with Gasteiger partial charge in [-0.1, -0.05) is 12.1 Å². The van der Waals surface area contributed by atoms with Crippen LogP contribution in [0.4, 0.5) is 4.39 Å². The maximum absolute atomic E-state index is 13.6. The van der Waals surface area contributed by atoms with Crippen molar-refractivity contribution >= 4 is 22.7 Å². The first-order valence-corrected chi connectivity index (χ1v) is 8.21. The average Bonchev–Trinajstić information content (AvgIpc) is 3.05. The van der Waals surface area contributed by atoms with Crippen LogP contribution in [-0.4, -0.2) is 10.7 Å². The number of fused-ring (bicyclic) bond motifs is 2. The molecule has 4 rings (SSSR count). The fourth-order valence-electron chi connectivity index (χ4n) is 3.23. The van der Waals surface area contributed by atoms with Crippen LogP contribution >= 0.6 is 11.8 Å². The second-order valence-corrected chi connectivity index (χ2v) is 6.72. The Bertz CT molecular complexity index is 835. The Hall–Kier alpha value is -1.74. The quantitative estimate of drug-likeness (QED) is 0.714. The summed E-state index contributed by atoms with van der Waals surface area (Å²) in [6, 6.07) is 11.5. The van der Waals surface area contributed by atoms with Crippen LogP contribution in [-0.2, 0) is 12.8 Å². The zero-order valence-electron chi connectivity index (χ0n) is 11.9. The number of H-pyrrole nitrogens is 1. The molecule has 2 aromatic carbocycles. The van der Waals surface area contributed by atoms with Gasteiger partial charge in [-0.3, -0.25) is 0 Å². The third-order valence-corrected chi connectivity index (χ3v) is 5.39. The standard InChI is InChI=1S/C18H16FNS/c1-11-15(16-10-13(19)5-6-17(16)20-11)9-12-3-2-4-18-14(12)7-8-21-18/h2-6,10,20H,7-9H2,1H3. The van der Waals surface area contributed by atoms with Gasteiger partial charge in [0, 0.05) is 33.7 Å². The molecule has 0 saturated carbocycles. The zero-order valence-corrected chi connectivity index (χ0v) is 12.7. The molecule has 2 heterocycles. The van der Waals surface area contributed by atoms with E-state index in [4.69, 9.17) is 0 Å². The molecule has 1 aromatic heterocycles. The van der Waals surface area contributed by atoms with Gasteiger partial charge in [-0.25, -0.2) is 4.39 Å². The molecule has 3 heteroatoms. The van der Waals surface area contributed by atoms with Crippen LogP contribution in [0, 0.1) is 12.7 Å². The number of benzene rings is 2. The molecule has 1 aliphatic heterocycles. The van der Waals surface area contributed by atoms with Gasteiger partial charge in [0.05, 0.1) is 0 Å². The number of hydrogen-bond acceptors (Lipinski definition) is 1. The van der Waals surface area contributed by atoms with Gasteiger partial charge in [0.25, 0.3) is 0 Å². The highest BCUT2D eigenvalue weighted by atomic mass is 32.2. The van der Waals surface area contributed by atoms with Crippen LogP contribution in [0.1, 0.15) is 22.4 Å². The number of halogens is 1. The highest BCUT2D eigenvalue weighted by molar-refractivity contribution is 7.99. The molecule has 21 heavy (non-hydrogen) atoms. The minimum absolute atomic E-state index is 0.170. The lowest BCUT2D eigenvalue weighted by molar-refractivity contribution is 0.629. The lowest BCUT2D eigenvalue weighted by atomic mass is 9.96. The Morgan fingerprint density at radius 2 is 2.14 bits per heavy atom. The number of aryl methyl sites for hydroxylation is 1. The van der Waals surface area contributed by atoms with Crippen molar-refractivity contribution in [3.8, 4) is 0 Å². The van der Waals surface area contributed by atoms with E-state index in [1.165, 1.54) is 33.4 Å². The van der Waals surface area contributed by atoms with Crippen molar-refractivity contribution in [2.45, 2.75) is 24.7 Å². The highest BCUT2D eigenvalue weighted by Crippen LogP contribution is 2.35. The van der Waals surface area contributed by atoms with E-state index in [1.54, 1.807) is 6.07 Å². The summed E-state index contributed by atoms with van der Waals surface area (Å²) in [5, 5.41) is 1.01. The Morgan fingerprint density at radius 1 is 1.24 bits per heavy atom. The van der Waals surface area contributed by atoms with Crippen molar-refractivity contribution in [2.24, 2.45) is 0 Å². The van der Waals surface area contributed by atoms with Crippen LogP contribution in [0.3, 0.4) is 0 Å². The molecule has 0 fully saturated rings. The van der Waals surface area contributed by atoms with Gasteiger partial charge in [0.1, 0.15) is 5.82 Å². The number of aromatic amines is 1. The second-order valence-electron chi connectivity index (χ2n) is 5.59. The van der Waals surface area contributed by atoms with Crippen LogP contribution in [0.25, 0.3) is 10.9 Å². The van der Waals surface area contributed by atoms with E-state index >= 15 is 0 Å². The number of rotatable bonds is 2. The minimum atomic E-state index is -0.170. The summed E-state index contributed by atoms with van der Waals surface area (Å²) in [4.78, 5) is 4.78. The smallest absolute Gasteiger partial charge is 0.123 e. The predicted molar refractivity (Wildman–Crippen MR) is 86.7 cm³/mol. The van der Waals surface area contributed by atoms with Crippen molar-refractivity contribution in [3.05, 3.63) is 64.6 Å². The molecular weight excluding hydrogens is 281 g/mol. The largest absolute Gasteiger partial charge is 0.358 e. The van der Waals surface area contributed by atoms with Gasteiger partial charge in [-0.15, -0.1) is 11.8 Å². The van der Waals surface area contributed by atoms with Gasteiger partial charge < -0.3 is 4.98 Å². The number of aromatic nitrogens is 1. The van der Waals surface area contributed by atoms with Gasteiger partial charge >= 0.3 is 0 Å². The molecule has 0 bridgehead atoms. The second kappa shape index (κ2) is 4.92. The van der Waals surface area contributed by atoms with E-state index in [-0.39, 0.29) is 5.82 Å². The van der Waals surface area contributed by atoms with Gasteiger partial charge in [0.15, 0.2) is 0 Å². The third-order valence-electron chi connectivity index (χ3n) is 4.29. The van der Waals surface area contributed by atoms with Gasteiger partial charge in [-0.05, 0) is 54.3 Å². The summed E-state index contributed by atoms with van der Waals surface area (Å²) >= 11 is 1.94. The summed E-state index contributed by atoms with van der Waals surface area (Å²) in [5.41, 5.74) is 6.23. The molecule has 1 N–H and O–H groups in total. The highest BCUT2D eigenvalue weighted by Gasteiger charge is 2.17. The molecule has 0 unspecified atom stereocenters. The van der Waals surface area contributed by atoms with Crippen molar-refractivity contribution in [1.82, 2.24) is 4.98 Å². The number of nitrogens with one attached hydrogen (secondary N) is 1. The van der Waals surface area contributed by atoms with E-state index in [0.29, 0.717) is 0 Å². The lowest BCUT2D eigenvalue weighted by Gasteiger charge is -2.08. The van der Waals surface area contributed by atoms with Crippen LogP contribution in [0.5, 0.6) is 0 Å². The molecule has 106 valence electrons. The molecule has 0 amide bonds. The van der Waals surface area contributed by atoms with E-state index < -0.39 is 0 Å². The average molecular weight is 297 g/mol. The van der Waals surface area contributed by atoms with E-state index in [0.717, 1.165) is 29.4 Å². The van der Waals surface area contributed by atoms with Crippen LogP contribution < -0.4 is 0 Å². The topological polar surface area (TPSA) is 15.8 Å². The third kappa shape index (κ3) is 2.16. The summed E-state index contributed by atoms with van der Waals surface area (Å²) in [7, 11) is 0. The maximum atomic E-state index is 13.6. The van der Waals surface area contributed by atoms with Crippen molar-refractivity contribution in [1.29, 1.82) is 0 Å². The molecule has 0 aliphatic carbocycles.